The van der Waals surface area contributed by atoms with Gasteiger partial charge in [-0.25, -0.2) is 4.98 Å². The lowest BCUT2D eigenvalue weighted by Gasteiger charge is -2.17. The molecule has 0 radical (unpaired) electrons. The molecule has 2 aliphatic heterocycles. The van der Waals surface area contributed by atoms with Crippen LogP contribution in [0, 0.1) is 0 Å². The third kappa shape index (κ3) is 1.12. The summed E-state index contributed by atoms with van der Waals surface area (Å²) in [5.74, 6) is 0.558. The van der Waals surface area contributed by atoms with Crippen LogP contribution in [0.4, 0.5) is 5.82 Å². The van der Waals surface area contributed by atoms with Crippen molar-refractivity contribution in [2.45, 2.75) is 11.8 Å². The van der Waals surface area contributed by atoms with Crippen LogP contribution in [0.5, 0.6) is 0 Å². The Morgan fingerprint density at radius 2 is 2.40 bits per heavy atom. The van der Waals surface area contributed by atoms with E-state index in [0.717, 1.165) is 12.0 Å². The first-order valence-electron chi connectivity index (χ1n) is 4.79. The predicted molar refractivity (Wildman–Crippen MR) is 55.0 cm³/mol. The smallest absolute Gasteiger partial charge is 0.238 e. The Kier molecular flexibility index (Phi) is 1.78. The summed E-state index contributed by atoms with van der Waals surface area (Å²) in [6, 6.07) is 3.57. The SMILES string of the molecule is O=C1Nc2nc(Cl)ccc2C12CCOC2. The Morgan fingerprint density at radius 1 is 1.53 bits per heavy atom. The molecule has 1 saturated heterocycles. The lowest BCUT2D eigenvalue weighted by Crippen LogP contribution is -2.34. The van der Waals surface area contributed by atoms with E-state index < -0.39 is 5.41 Å². The molecule has 78 valence electrons. The van der Waals surface area contributed by atoms with E-state index in [2.05, 4.69) is 10.3 Å². The molecule has 0 saturated carbocycles. The average molecular weight is 225 g/mol. The van der Waals surface area contributed by atoms with E-state index in [0.29, 0.717) is 24.2 Å². The van der Waals surface area contributed by atoms with Gasteiger partial charge in [0.15, 0.2) is 0 Å². The minimum atomic E-state index is -0.521. The molecule has 2 aliphatic rings. The van der Waals surface area contributed by atoms with Gasteiger partial charge in [0.2, 0.25) is 5.91 Å². The molecule has 0 aliphatic carbocycles. The fraction of sp³-hybridized carbons (Fsp3) is 0.400. The number of carbonyl (C=O) groups is 1. The van der Waals surface area contributed by atoms with Gasteiger partial charge >= 0.3 is 0 Å². The highest BCUT2D eigenvalue weighted by Crippen LogP contribution is 2.42. The maximum atomic E-state index is 11.9. The minimum Gasteiger partial charge on any atom is -0.380 e. The number of anilines is 1. The van der Waals surface area contributed by atoms with Crippen molar-refractivity contribution in [3.63, 3.8) is 0 Å². The Bertz CT molecular complexity index is 441. The zero-order chi connectivity index (χ0) is 10.5. The summed E-state index contributed by atoms with van der Waals surface area (Å²) in [7, 11) is 0. The van der Waals surface area contributed by atoms with Gasteiger partial charge in [-0.15, -0.1) is 0 Å². The molecule has 1 unspecified atom stereocenters. The monoisotopic (exact) mass is 224 g/mol. The van der Waals surface area contributed by atoms with Gasteiger partial charge in [-0.05, 0) is 12.5 Å². The van der Waals surface area contributed by atoms with Crippen molar-refractivity contribution in [1.82, 2.24) is 4.98 Å². The van der Waals surface area contributed by atoms with Crippen molar-refractivity contribution in [1.29, 1.82) is 0 Å². The third-order valence-electron chi connectivity index (χ3n) is 3.07. The van der Waals surface area contributed by atoms with Crippen LogP contribution in [0.25, 0.3) is 0 Å². The molecule has 5 heteroatoms. The number of rotatable bonds is 0. The number of nitrogens with zero attached hydrogens (tertiary/aromatic N) is 1. The van der Waals surface area contributed by atoms with Crippen molar-refractivity contribution in [3.05, 3.63) is 22.8 Å². The number of aromatic nitrogens is 1. The molecule has 1 aromatic heterocycles. The molecular formula is C10H9ClN2O2. The van der Waals surface area contributed by atoms with Crippen molar-refractivity contribution in [2.24, 2.45) is 0 Å². The number of carbonyl (C=O) groups excluding carboxylic acids is 1. The predicted octanol–water partition coefficient (Wildman–Crippen LogP) is 1.35. The second kappa shape index (κ2) is 2.93. The van der Waals surface area contributed by atoms with Crippen LogP contribution < -0.4 is 5.32 Å². The molecule has 15 heavy (non-hydrogen) atoms. The molecule has 1 spiro atoms. The molecule has 0 aromatic carbocycles. The highest BCUT2D eigenvalue weighted by atomic mass is 35.5. The first kappa shape index (κ1) is 9.12. The average Bonchev–Trinajstić information content (AvgIpc) is 2.76. The Hall–Kier alpha value is -1.13. The lowest BCUT2D eigenvalue weighted by atomic mass is 9.82. The summed E-state index contributed by atoms with van der Waals surface area (Å²) in [4.78, 5) is 16.0. The van der Waals surface area contributed by atoms with E-state index in [1.54, 1.807) is 6.07 Å². The fourth-order valence-corrected chi connectivity index (χ4v) is 2.37. The van der Waals surface area contributed by atoms with Gasteiger partial charge < -0.3 is 10.1 Å². The minimum absolute atomic E-state index is 0.0234. The van der Waals surface area contributed by atoms with Crippen LogP contribution in [-0.2, 0) is 14.9 Å². The highest BCUT2D eigenvalue weighted by Gasteiger charge is 2.50. The van der Waals surface area contributed by atoms with Gasteiger partial charge in [0.05, 0.1) is 6.61 Å². The van der Waals surface area contributed by atoms with Crippen molar-refractivity contribution in [2.75, 3.05) is 18.5 Å². The van der Waals surface area contributed by atoms with E-state index >= 15 is 0 Å². The van der Waals surface area contributed by atoms with Crippen LogP contribution in [-0.4, -0.2) is 24.1 Å². The summed E-state index contributed by atoms with van der Waals surface area (Å²) in [6.45, 7) is 1.06. The van der Waals surface area contributed by atoms with Crippen LogP contribution in [0.3, 0.4) is 0 Å². The van der Waals surface area contributed by atoms with E-state index in [4.69, 9.17) is 16.3 Å². The third-order valence-corrected chi connectivity index (χ3v) is 3.28. The number of fused-ring (bicyclic) bond motifs is 2. The normalized spacial score (nSPS) is 28.2. The quantitative estimate of drug-likeness (QED) is 0.677. The summed E-state index contributed by atoms with van der Waals surface area (Å²) in [6.07, 6.45) is 0.717. The Balaban J connectivity index is 2.17. The van der Waals surface area contributed by atoms with E-state index in [-0.39, 0.29) is 5.91 Å². The lowest BCUT2D eigenvalue weighted by molar-refractivity contribution is -0.120. The molecule has 4 nitrogen and oxygen atoms in total. The van der Waals surface area contributed by atoms with Crippen LogP contribution in [0.1, 0.15) is 12.0 Å². The van der Waals surface area contributed by atoms with Crippen molar-refractivity contribution >= 4 is 23.3 Å². The number of hydrogen-bond donors (Lipinski definition) is 1. The molecule has 1 N–H and O–H groups in total. The highest BCUT2D eigenvalue weighted by molar-refractivity contribution is 6.29. The van der Waals surface area contributed by atoms with Crippen molar-refractivity contribution < 1.29 is 9.53 Å². The van der Waals surface area contributed by atoms with Gasteiger partial charge in [-0.2, -0.15) is 0 Å². The Morgan fingerprint density at radius 3 is 3.13 bits per heavy atom. The first-order chi connectivity index (χ1) is 7.22. The number of pyridine rings is 1. The van der Waals surface area contributed by atoms with Gasteiger partial charge in [0, 0.05) is 12.2 Å². The number of nitrogens with one attached hydrogen (secondary N) is 1. The summed E-state index contributed by atoms with van der Waals surface area (Å²) in [5, 5.41) is 3.15. The standard InChI is InChI=1S/C10H9ClN2O2/c11-7-2-1-6-8(12-7)13-9(14)10(6)3-4-15-5-10/h1-2H,3-5H2,(H,12,13,14). The number of hydrogen-bond acceptors (Lipinski definition) is 3. The first-order valence-corrected chi connectivity index (χ1v) is 5.16. The molecular weight excluding hydrogens is 216 g/mol. The van der Waals surface area contributed by atoms with Crippen LogP contribution in [0.15, 0.2) is 12.1 Å². The Labute approximate surface area is 91.6 Å². The molecule has 1 fully saturated rings. The van der Waals surface area contributed by atoms with Gasteiger partial charge in [-0.1, -0.05) is 17.7 Å². The molecule has 1 aromatic rings. The van der Waals surface area contributed by atoms with Gasteiger partial charge in [0.1, 0.15) is 16.4 Å². The second-order valence-electron chi connectivity index (χ2n) is 3.87. The zero-order valence-corrected chi connectivity index (χ0v) is 8.67. The van der Waals surface area contributed by atoms with E-state index in [9.17, 15) is 4.79 Å². The topological polar surface area (TPSA) is 51.2 Å². The van der Waals surface area contributed by atoms with Crippen LogP contribution >= 0.6 is 11.6 Å². The fourth-order valence-electron chi connectivity index (χ4n) is 2.22. The number of ether oxygens (including phenoxy) is 1. The van der Waals surface area contributed by atoms with E-state index in [1.807, 2.05) is 6.07 Å². The largest absolute Gasteiger partial charge is 0.380 e. The van der Waals surface area contributed by atoms with Crippen molar-refractivity contribution in [3.8, 4) is 0 Å². The molecule has 1 amide bonds. The van der Waals surface area contributed by atoms with Gasteiger partial charge in [-0.3, -0.25) is 4.79 Å². The summed E-state index contributed by atoms with van der Waals surface area (Å²) < 4.78 is 5.32. The summed E-state index contributed by atoms with van der Waals surface area (Å²) >= 11 is 5.77. The van der Waals surface area contributed by atoms with Gasteiger partial charge in [0.25, 0.3) is 0 Å². The van der Waals surface area contributed by atoms with Crippen LogP contribution in [0.2, 0.25) is 5.15 Å². The molecule has 3 heterocycles. The summed E-state index contributed by atoms with van der Waals surface area (Å²) in [5.41, 5.74) is 0.391. The molecule has 0 bridgehead atoms. The maximum absolute atomic E-state index is 11.9. The maximum Gasteiger partial charge on any atom is 0.238 e. The second-order valence-corrected chi connectivity index (χ2v) is 4.26. The number of amides is 1. The molecule has 3 rings (SSSR count). The number of halogens is 1. The molecule has 1 atom stereocenters. The zero-order valence-electron chi connectivity index (χ0n) is 7.92. The van der Waals surface area contributed by atoms with E-state index in [1.165, 1.54) is 0 Å².